The molecule has 0 aliphatic heterocycles. The molecule has 0 spiro atoms. The molecule has 0 atom stereocenters. The number of carbonyl (C=O) groups is 2. The lowest BCUT2D eigenvalue weighted by Gasteiger charge is -2.06. The molecule has 86 valence electrons. The average Bonchev–Trinajstić information content (AvgIpc) is 2.20. The number of hydrogen-bond acceptors (Lipinski definition) is 3. The molecule has 0 radical (unpaired) electrons. The molecule has 2 N–H and O–H groups in total. The highest BCUT2D eigenvalue weighted by Crippen LogP contribution is 2.17. The number of anilines is 1. The lowest BCUT2D eigenvalue weighted by molar-refractivity contribution is -0.108. The molecule has 0 unspecified atom stereocenters. The maximum absolute atomic E-state index is 11.8. The summed E-state index contributed by atoms with van der Waals surface area (Å²) in [5.41, 5.74) is 0.348. The summed E-state index contributed by atoms with van der Waals surface area (Å²) < 4.78 is 27.7. The van der Waals surface area contributed by atoms with Gasteiger partial charge in [-0.15, -0.1) is 0 Å². The van der Waals surface area contributed by atoms with E-state index in [1.807, 2.05) is 5.32 Å². The summed E-state index contributed by atoms with van der Waals surface area (Å²) in [7, 11) is 0. The SMILES string of the molecule is O=CNC(=O)Nc1ccc(OC(F)F)cc1. The Kier molecular flexibility index (Phi) is 4.19. The highest BCUT2D eigenvalue weighted by atomic mass is 19.3. The van der Waals surface area contributed by atoms with Gasteiger partial charge in [0.15, 0.2) is 0 Å². The second kappa shape index (κ2) is 5.64. The number of ether oxygens (including phenoxy) is 1. The molecule has 5 nitrogen and oxygen atoms in total. The number of amides is 3. The van der Waals surface area contributed by atoms with Gasteiger partial charge in [-0.25, -0.2) is 4.79 Å². The van der Waals surface area contributed by atoms with Crippen LogP contribution in [0.1, 0.15) is 0 Å². The minimum atomic E-state index is -2.89. The van der Waals surface area contributed by atoms with Crippen molar-refractivity contribution < 1.29 is 23.1 Å². The van der Waals surface area contributed by atoms with Crippen molar-refractivity contribution in [2.24, 2.45) is 0 Å². The molecule has 1 aromatic carbocycles. The average molecular weight is 230 g/mol. The predicted molar refractivity (Wildman–Crippen MR) is 51.3 cm³/mol. The molecule has 1 aromatic rings. The maximum Gasteiger partial charge on any atom is 0.387 e. The zero-order valence-electron chi connectivity index (χ0n) is 7.94. The Labute approximate surface area is 89.4 Å². The summed E-state index contributed by atoms with van der Waals surface area (Å²) in [5.74, 6) is -0.0173. The molecule has 0 heterocycles. The van der Waals surface area contributed by atoms with E-state index in [2.05, 4.69) is 10.1 Å². The Hall–Kier alpha value is -2.18. The standard InChI is InChI=1S/C9H8F2N2O3/c10-8(11)16-7-3-1-6(2-4-7)13-9(15)12-5-14/h1-5,8H,(H2,12,13,14,15). The van der Waals surface area contributed by atoms with E-state index >= 15 is 0 Å². The Morgan fingerprint density at radius 1 is 1.31 bits per heavy atom. The van der Waals surface area contributed by atoms with Crippen LogP contribution in [-0.2, 0) is 4.79 Å². The second-order valence-corrected chi connectivity index (χ2v) is 2.62. The zero-order valence-corrected chi connectivity index (χ0v) is 7.94. The summed E-state index contributed by atoms with van der Waals surface area (Å²) in [6.45, 7) is -2.89. The van der Waals surface area contributed by atoms with Crippen LogP contribution < -0.4 is 15.4 Å². The molecular formula is C9H8F2N2O3. The molecule has 0 aliphatic carbocycles. The van der Waals surface area contributed by atoms with Gasteiger partial charge >= 0.3 is 12.6 Å². The first-order valence-electron chi connectivity index (χ1n) is 4.18. The number of rotatable bonds is 4. The van der Waals surface area contributed by atoms with E-state index in [4.69, 9.17) is 0 Å². The summed E-state index contributed by atoms with van der Waals surface area (Å²) >= 11 is 0. The van der Waals surface area contributed by atoms with Crippen molar-refractivity contribution in [2.75, 3.05) is 5.32 Å². The topological polar surface area (TPSA) is 67.4 Å². The minimum absolute atomic E-state index is 0.0173. The van der Waals surface area contributed by atoms with Crippen molar-refractivity contribution in [3.05, 3.63) is 24.3 Å². The molecule has 0 aliphatic rings. The van der Waals surface area contributed by atoms with E-state index in [9.17, 15) is 18.4 Å². The van der Waals surface area contributed by atoms with Gasteiger partial charge in [0.2, 0.25) is 6.41 Å². The summed E-state index contributed by atoms with van der Waals surface area (Å²) in [6.07, 6.45) is 0.226. The molecule has 0 saturated carbocycles. The first-order chi connectivity index (χ1) is 7.61. The van der Waals surface area contributed by atoms with Crippen LogP contribution in [0.15, 0.2) is 24.3 Å². The van der Waals surface area contributed by atoms with E-state index in [1.54, 1.807) is 0 Å². The van der Waals surface area contributed by atoms with Gasteiger partial charge in [0.05, 0.1) is 0 Å². The van der Waals surface area contributed by atoms with Gasteiger partial charge in [-0.2, -0.15) is 8.78 Å². The Morgan fingerprint density at radius 2 is 1.94 bits per heavy atom. The fraction of sp³-hybridized carbons (Fsp3) is 0.111. The van der Waals surface area contributed by atoms with Crippen molar-refractivity contribution in [1.29, 1.82) is 0 Å². The summed E-state index contributed by atoms with van der Waals surface area (Å²) in [6, 6.07) is 4.55. The summed E-state index contributed by atoms with van der Waals surface area (Å²) in [5, 5.41) is 4.16. The second-order valence-electron chi connectivity index (χ2n) is 2.62. The normalized spacial score (nSPS) is 9.69. The molecule has 0 fully saturated rings. The first kappa shape index (κ1) is 11.9. The van der Waals surface area contributed by atoms with Crippen LogP contribution in [0.4, 0.5) is 19.3 Å². The van der Waals surface area contributed by atoms with Crippen molar-refractivity contribution in [2.45, 2.75) is 6.61 Å². The Balaban J connectivity index is 2.57. The third kappa shape index (κ3) is 3.91. The molecule has 0 bridgehead atoms. The molecule has 1 rings (SSSR count). The van der Waals surface area contributed by atoms with E-state index in [1.165, 1.54) is 24.3 Å². The van der Waals surface area contributed by atoms with Crippen molar-refractivity contribution >= 4 is 18.1 Å². The number of carbonyl (C=O) groups excluding carboxylic acids is 2. The van der Waals surface area contributed by atoms with Gasteiger partial charge < -0.3 is 10.1 Å². The maximum atomic E-state index is 11.8. The van der Waals surface area contributed by atoms with Gasteiger partial charge in [-0.05, 0) is 24.3 Å². The van der Waals surface area contributed by atoms with Gasteiger partial charge in [0, 0.05) is 5.69 Å². The fourth-order valence-electron chi connectivity index (χ4n) is 0.940. The Morgan fingerprint density at radius 3 is 2.44 bits per heavy atom. The first-order valence-corrected chi connectivity index (χ1v) is 4.18. The number of imide groups is 1. The third-order valence-electron chi connectivity index (χ3n) is 1.53. The van der Waals surface area contributed by atoms with Crippen LogP contribution in [-0.4, -0.2) is 19.1 Å². The van der Waals surface area contributed by atoms with Gasteiger partial charge in [0.25, 0.3) is 0 Å². The van der Waals surface area contributed by atoms with Crippen LogP contribution in [0.3, 0.4) is 0 Å². The van der Waals surface area contributed by atoms with Crippen LogP contribution in [0.2, 0.25) is 0 Å². The lowest BCUT2D eigenvalue weighted by Crippen LogP contribution is -2.26. The molecule has 16 heavy (non-hydrogen) atoms. The number of hydrogen-bond donors (Lipinski definition) is 2. The van der Waals surface area contributed by atoms with Gasteiger partial charge in [-0.1, -0.05) is 0 Å². The van der Waals surface area contributed by atoms with Gasteiger partial charge in [-0.3, -0.25) is 10.1 Å². The quantitative estimate of drug-likeness (QED) is 0.771. The van der Waals surface area contributed by atoms with Crippen LogP contribution in [0.25, 0.3) is 0 Å². The Bertz CT molecular complexity index is 368. The number of nitrogens with one attached hydrogen (secondary N) is 2. The van der Waals surface area contributed by atoms with Crippen molar-refractivity contribution in [3.63, 3.8) is 0 Å². The van der Waals surface area contributed by atoms with E-state index in [-0.39, 0.29) is 12.2 Å². The summed E-state index contributed by atoms with van der Waals surface area (Å²) in [4.78, 5) is 20.8. The molecule has 0 saturated heterocycles. The smallest absolute Gasteiger partial charge is 0.387 e. The van der Waals surface area contributed by atoms with Gasteiger partial charge in [0.1, 0.15) is 5.75 Å². The number of halogens is 2. The van der Waals surface area contributed by atoms with Crippen LogP contribution >= 0.6 is 0 Å². The van der Waals surface area contributed by atoms with E-state index in [0.29, 0.717) is 5.69 Å². The monoisotopic (exact) mass is 230 g/mol. The fourth-order valence-corrected chi connectivity index (χ4v) is 0.940. The highest BCUT2D eigenvalue weighted by molar-refractivity contribution is 5.95. The van der Waals surface area contributed by atoms with E-state index in [0.717, 1.165) is 0 Å². The minimum Gasteiger partial charge on any atom is -0.435 e. The van der Waals surface area contributed by atoms with Crippen molar-refractivity contribution in [1.82, 2.24) is 5.32 Å². The van der Waals surface area contributed by atoms with Crippen molar-refractivity contribution in [3.8, 4) is 5.75 Å². The molecule has 3 amide bonds. The largest absolute Gasteiger partial charge is 0.435 e. The zero-order chi connectivity index (χ0) is 12.0. The highest BCUT2D eigenvalue weighted by Gasteiger charge is 2.04. The number of alkyl halides is 2. The number of urea groups is 1. The molecule has 0 aromatic heterocycles. The lowest BCUT2D eigenvalue weighted by atomic mass is 10.3. The van der Waals surface area contributed by atoms with Crippen LogP contribution in [0.5, 0.6) is 5.75 Å². The van der Waals surface area contributed by atoms with E-state index < -0.39 is 12.6 Å². The molecular weight excluding hydrogens is 222 g/mol. The molecule has 7 heteroatoms. The predicted octanol–water partition coefficient (Wildman–Crippen LogP) is 1.57. The third-order valence-corrected chi connectivity index (χ3v) is 1.53. The number of benzene rings is 1. The van der Waals surface area contributed by atoms with Crippen LogP contribution in [0, 0.1) is 0 Å².